The minimum absolute atomic E-state index is 0.0113. The van der Waals surface area contributed by atoms with Gasteiger partial charge in [-0.1, -0.05) is 0 Å². The number of amides is 1. The van der Waals surface area contributed by atoms with Crippen LogP contribution in [0.3, 0.4) is 0 Å². The SMILES string of the molecule is O=C1CN=C(c2ccc(NC3CCOC3)c(C(F)(F)F)c2)NN1. The number of alkyl halides is 3. The number of halogens is 3. The molecule has 3 N–H and O–H groups in total. The van der Waals surface area contributed by atoms with Crippen molar-refractivity contribution >= 4 is 17.4 Å². The van der Waals surface area contributed by atoms with Gasteiger partial charge in [-0.05, 0) is 24.6 Å². The Morgan fingerprint density at radius 3 is 2.74 bits per heavy atom. The van der Waals surface area contributed by atoms with Gasteiger partial charge in [0.25, 0.3) is 5.91 Å². The van der Waals surface area contributed by atoms with Gasteiger partial charge in [-0.25, -0.2) is 0 Å². The minimum Gasteiger partial charge on any atom is -0.379 e. The summed E-state index contributed by atoms with van der Waals surface area (Å²) in [6.45, 7) is 0.806. The lowest BCUT2D eigenvalue weighted by molar-refractivity contribution is -0.137. The van der Waals surface area contributed by atoms with Crippen molar-refractivity contribution in [3.8, 4) is 0 Å². The molecular weight excluding hydrogens is 313 g/mol. The average molecular weight is 328 g/mol. The van der Waals surface area contributed by atoms with Crippen LogP contribution in [0.15, 0.2) is 23.2 Å². The van der Waals surface area contributed by atoms with Crippen molar-refractivity contribution in [1.29, 1.82) is 0 Å². The number of nitrogens with zero attached hydrogens (tertiary/aromatic N) is 1. The van der Waals surface area contributed by atoms with Gasteiger partial charge in [0.1, 0.15) is 12.4 Å². The summed E-state index contributed by atoms with van der Waals surface area (Å²) in [6, 6.07) is 3.78. The molecule has 0 saturated carbocycles. The van der Waals surface area contributed by atoms with Crippen LogP contribution in [0.4, 0.5) is 18.9 Å². The number of benzene rings is 1. The van der Waals surface area contributed by atoms with Crippen molar-refractivity contribution in [2.75, 3.05) is 25.1 Å². The number of carbonyl (C=O) groups is 1. The minimum atomic E-state index is -4.50. The number of ether oxygens (including phenoxy) is 1. The van der Waals surface area contributed by atoms with Gasteiger partial charge in [0.2, 0.25) is 0 Å². The second-order valence-corrected chi connectivity index (χ2v) is 5.30. The Kier molecular flexibility index (Phi) is 4.12. The van der Waals surface area contributed by atoms with E-state index in [4.69, 9.17) is 4.74 Å². The topological polar surface area (TPSA) is 74.8 Å². The number of nitrogens with one attached hydrogen (secondary N) is 3. The van der Waals surface area contributed by atoms with E-state index in [0.717, 1.165) is 6.07 Å². The van der Waals surface area contributed by atoms with E-state index < -0.39 is 11.7 Å². The number of carbonyl (C=O) groups excluding carboxylic acids is 1. The Morgan fingerprint density at radius 1 is 1.30 bits per heavy atom. The van der Waals surface area contributed by atoms with E-state index in [1.807, 2.05) is 0 Å². The zero-order chi connectivity index (χ0) is 16.4. The number of hydrazine groups is 1. The lowest BCUT2D eigenvalue weighted by Crippen LogP contribution is -2.47. The van der Waals surface area contributed by atoms with Crippen molar-refractivity contribution < 1.29 is 22.7 Å². The summed E-state index contributed by atoms with van der Waals surface area (Å²) in [5.74, 6) is -0.143. The predicted molar refractivity (Wildman–Crippen MR) is 77.0 cm³/mol. The zero-order valence-corrected chi connectivity index (χ0v) is 12.0. The predicted octanol–water partition coefficient (Wildman–Crippen LogP) is 1.29. The summed E-state index contributed by atoms with van der Waals surface area (Å²) in [5.41, 5.74) is 4.32. The molecule has 2 aliphatic rings. The van der Waals surface area contributed by atoms with Crippen molar-refractivity contribution in [1.82, 2.24) is 10.9 Å². The lowest BCUT2D eigenvalue weighted by Gasteiger charge is -2.20. The number of aliphatic imine (C=N–C) groups is 1. The Balaban J connectivity index is 1.90. The molecule has 1 aromatic carbocycles. The molecule has 0 bridgehead atoms. The van der Waals surface area contributed by atoms with Crippen LogP contribution in [0.1, 0.15) is 17.5 Å². The molecule has 1 amide bonds. The highest BCUT2D eigenvalue weighted by atomic mass is 19.4. The molecule has 6 nitrogen and oxygen atoms in total. The fraction of sp³-hybridized carbons (Fsp3) is 0.429. The van der Waals surface area contributed by atoms with E-state index in [1.165, 1.54) is 12.1 Å². The summed E-state index contributed by atoms with van der Waals surface area (Å²) < 4.78 is 45.2. The van der Waals surface area contributed by atoms with Crippen LogP contribution in [0.25, 0.3) is 0 Å². The van der Waals surface area contributed by atoms with Crippen molar-refractivity contribution in [3.63, 3.8) is 0 Å². The van der Waals surface area contributed by atoms with Gasteiger partial charge in [-0.3, -0.25) is 20.6 Å². The second kappa shape index (κ2) is 6.07. The van der Waals surface area contributed by atoms with Crippen LogP contribution in [0.2, 0.25) is 0 Å². The highest BCUT2D eigenvalue weighted by molar-refractivity contribution is 6.03. The summed E-state index contributed by atoms with van der Waals surface area (Å²) in [6.07, 6.45) is -3.84. The van der Waals surface area contributed by atoms with Crippen LogP contribution in [0.5, 0.6) is 0 Å². The first kappa shape index (κ1) is 15.6. The van der Waals surface area contributed by atoms with E-state index in [1.54, 1.807) is 0 Å². The van der Waals surface area contributed by atoms with E-state index in [9.17, 15) is 18.0 Å². The molecule has 0 aliphatic carbocycles. The highest BCUT2D eigenvalue weighted by Gasteiger charge is 2.35. The molecule has 1 atom stereocenters. The smallest absolute Gasteiger partial charge is 0.379 e. The number of hydrogen-bond acceptors (Lipinski definition) is 5. The van der Waals surface area contributed by atoms with Gasteiger partial charge in [-0.2, -0.15) is 13.2 Å². The standard InChI is InChI=1S/C14H15F3N4O2/c15-14(16,17)10-5-8(13-18-6-12(22)20-21-13)1-2-11(10)19-9-3-4-23-7-9/h1-2,5,9,19H,3-4,6-7H2,(H,18,21)(H,20,22). The quantitative estimate of drug-likeness (QED) is 0.782. The van der Waals surface area contributed by atoms with Crippen LogP contribution >= 0.6 is 0 Å². The van der Waals surface area contributed by atoms with Crippen LogP contribution in [-0.2, 0) is 15.7 Å². The lowest BCUT2D eigenvalue weighted by atomic mass is 10.1. The second-order valence-electron chi connectivity index (χ2n) is 5.30. The summed E-state index contributed by atoms with van der Waals surface area (Å²) in [4.78, 5) is 15.0. The summed E-state index contributed by atoms with van der Waals surface area (Å²) >= 11 is 0. The van der Waals surface area contributed by atoms with Gasteiger partial charge in [-0.15, -0.1) is 0 Å². The van der Waals surface area contributed by atoms with Gasteiger partial charge in [0, 0.05) is 17.9 Å². The molecular formula is C14H15F3N4O2. The maximum absolute atomic E-state index is 13.3. The molecule has 1 fully saturated rings. The Labute approximate surface area is 130 Å². The Bertz CT molecular complexity index is 639. The van der Waals surface area contributed by atoms with Crippen molar-refractivity contribution in [2.24, 2.45) is 4.99 Å². The fourth-order valence-corrected chi connectivity index (χ4v) is 2.44. The molecule has 1 unspecified atom stereocenters. The van der Waals surface area contributed by atoms with Gasteiger partial charge in [0.05, 0.1) is 18.2 Å². The molecule has 3 rings (SSSR count). The normalized spacial score (nSPS) is 21.4. The maximum Gasteiger partial charge on any atom is 0.418 e. The van der Waals surface area contributed by atoms with Crippen LogP contribution in [-0.4, -0.2) is 37.5 Å². The molecule has 0 aromatic heterocycles. The number of hydrogen-bond donors (Lipinski definition) is 3. The highest BCUT2D eigenvalue weighted by Crippen LogP contribution is 2.36. The van der Waals surface area contributed by atoms with Crippen molar-refractivity contribution in [3.05, 3.63) is 29.3 Å². The summed E-state index contributed by atoms with van der Waals surface area (Å²) in [7, 11) is 0. The number of amidine groups is 1. The summed E-state index contributed by atoms with van der Waals surface area (Å²) in [5, 5.41) is 2.88. The van der Waals surface area contributed by atoms with Crippen LogP contribution in [0, 0.1) is 0 Å². The molecule has 1 saturated heterocycles. The molecule has 124 valence electrons. The van der Waals surface area contributed by atoms with Gasteiger partial charge in [0.15, 0.2) is 0 Å². The molecule has 1 aromatic rings. The van der Waals surface area contributed by atoms with E-state index in [0.29, 0.717) is 19.6 Å². The molecule has 23 heavy (non-hydrogen) atoms. The first-order valence-corrected chi connectivity index (χ1v) is 7.09. The molecule has 9 heteroatoms. The number of rotatable bonds is 3. The van der Waals surface area contributed by atoms with Crippen molar-refractivity contribution in [2.45, 2.75) is 18.6 Å². The van der Waals surface area contributed by atoms with E-state index in [2.05, 4.69) is 21.2 Å². The third-order valence-electron chi connectivity index (χ3n) is 3.59. The van der Waals surface area contributed by atoms with E-state index >= 15 is 0 Å². The molecule has 0 radical (unpaired) electrons. The Morgan fingerprint density at radius 2 is 2.13 bits per heavy atom. The van der Waals surface area contributed by atoms with Gasteiger partial charge >= 0.3 is 6.18 Å². The maximum atomic E-state index is 13.3. The first-order valence-electron chi connectivity index (χ1n) is 7.09. The molecule has 0 spiro atoms. The van der Waals surface area contributed by atoms with Gasteiger partial charge < -0.3 is 10.1 Å². The Hall–Kier alpha value is -2.29. The zero-order valence-electron chi connectivity index (χ0n) is 12.0. The number of anilines is 1. The van der Waals surface area contributed by atoms with E-state index in [-0.39, 0.29) is 35.6 Å². The molecule has 2 heterocycles. The third-order valence-corrected chi connectivity index (χ3v) is 3.59. The first-order chi connectivity index (χ1) is 10.9. The third kappa shape index (κ3) is 3.55. The average Bonchev–Trinajstić information content (AvgIpc) is 3.00. The molecule has 2 aliphatic heterocycles. The van der Waals surface area contributed by atoms with Crippen LogP contribution < -0.4 is 16.2 Å². The largest absolute Gasteiger partial charge is 0.418 e. The fourth-order valence-electron chi connectivity index (χ4n) is 2.44. The monoisotopic (exact) mass is 328 g/mol.